The maximum absolute atomic E-state index is 11.1. The van der Waals surface area contributed by atoms with Crippen molar-refractivity contribution in [2.45, 2.75) is 0 Å². The second kappa shape index (κ2) is 3.75. The highest BCUT2D eigenvalue weighted by Crippen LogP contribution is 2.29. The Morgan fingerprint density at radius 1 is 1.18 bits per heavy atom. The van der Waals surface area contributed by atoms with Crippen LogP contribution < -0.4 is 0 Å². The van der Waals surface area contributed by atoms with Crippen LogP contribution in [0, 0.1) is 0 Å². The molecular weight excluding hydrogens is 234 g/mol. The third-order valence-electron chi connectivity index (χ3n) is 2.70. The normalized spacial score (nSPS) is 10.8. The van der Waals surface area contributed by atoms with Crippen molar-refractivity contribution in [2.75, 3.05) is 0 Å². The number of nitrogens with zero attached hydrogens (tertiary/aromatic N) is 1. The number of pyridine rings is 1. The summed E-state index contributed by atoms with van der Waals surface area (Å²) in [7, 11) is 0. The lowest BCUT2D eigenvalue weighted by molar-refractivity contribution is 0.0703. The van der Waals surface area contributed by atoms with Crippen LogP contribution in [0.25, 0.3) is 16.8 Å². The number of hydrogen-bond acceptors (Lipinski definition) is 2. The molecule has 3 aromatic heterocycles. The highest BCUT2D eigenvalue weighted by atomic mass is 32.1. The van der Waals surface area contributed by atoms with Crippen LogP contribution in [0.5, 0.6) is 0 Å². The Kier molecular flexibility index (Phi) is 2.23. The van der Waals surface area contributed by atoms with Gasteiger partial charge in [-0.1, -0.05) is 6.07 Å². The SMILES string of the molecule is O=C(O)c1sccc1-c1ccc2ccccn12. The van der Waals surface area contributed by atoms with Crippen LogP contribution >= 0.6 is 11.3 Å². The summed E-state index contributed by atoms with van der Waals surface area (Å²) >= 11 is 1.25. The van der Waals surface area contributed by atoms with E-state index in [0.717, 1.165) is 16.8 Å². The van der Waals surface area contributed by atoms with Crippen LogP contribution in [0.15, 0.2) is 48.0 Å². The van der Waals surface area contributed by atoms with Crippen LogP contribution in [0.1, 0.15) is 9.67 Å². The van der Waals surface area contributed by atoms with Gasteiger partial charge < -0.3 is 9.51 Å². The minimum atomic E-state index is -0.874. The van der Waals surface area contributed by atoms with Gasteiger partial charge in [0.1, 0.15) is 4.88 Å². The average molecular weight is 243 g/mol. The van der Waals surface area contributed by atoms with Gasteiger partial charge in [-0.2, -0.15) is 0 Å². The number of thiophene rings is 1. The molecule has 0 aliphatic rings. The van der Waals surface area contributed by atoms with Crippen molar-refractivity contribution in [1.82, 2.24) is 4.40 Å². The molecule has 3 nitrogen and oxygen atoms in total. The summed E-state index contributed by atoms with van der Waals surface area (Å²) in [6.07, 6.45) is 1.94. The van der Waals surface area contributed by atoms with Crippen LogP contribution in [0.3, 0.4) is 0 Å². The van der Waals surface area contributed by atoms with Gasteiger partial charge in [0.15, 0.2) is 0 Å². The lowest BCUT2D eigenvalue weighted by Crippen LogP contribution is -1.96. The monoisotopic (exact) mass is 243 g/mol. The van der Waals surface area contributed by atoms with Crippen molar-refractivity contribution in [1.29, 1.82) is 0 Å². The molecule has 0 aliphatic heterocycles. The van der Waals surface area contributed by atoms with Crippen LogP contribution in [-0.4, -0.2) is 15.5 Å². The molecule has 0 saturated carbocycles. The number of carboxylic acid groups (broad SMARTS) is 1. The minimum Gasteiger partial charge on any atom is -0.477 e. The van der Waals surface area contributed by atoms with Crippen molar-refractivity contribution in [3.8, 4) is 11.3 Å². The summed E-state index contributed by atoms with van der Waals surface area (Å²) in [6.45, 7) is 0. The van der Waals surface area contributed by atoms with E-state index in [1.54, 1.807) is 5.38 Å². The average Bonchev–Trinajstić information content (AvgIpc) is 2.94. The molecule has 0 amide bonds. The Labute approximate surface area is 102 Å². The molecule has 3 heterocycles. The zero-order valence-corrected chi connectivity index (χ0v) is 9.65. The number of aromatic nitrogens is 1. The van der Waals surface area contributed by atoms with Crippen molar-refractivity contribution < 1.29 is 9.90 Å². The third-order valence-corrected chi connectivity index (χ3v) is 3.60. The lowest BCUT2D eigenvalue weighted by Gasteiger charge is -2.02. The highest BCUT2D eigenvalue weighted by Gasteiger charge is 2.15. The highest BCUT2D eigenvalue weighted by molar-refractivity contribution is 7.12. The topological polar surface area (TPSA) is 41.7 Å². The molecule has 0 fully saturated rings. The summed E-state index contributed by atoms with van der Waals surface area (Å²) < 4.78 is 1.99. The fourth-order valence-corrected chi connectivity index (χ4v) is 2.69. The van der Waals surface area contributed by atoms with Gasteiger partial charge in [0.25, 0.3) is 0 Å². The minimum absolute atomic E-state index is 0.383. The number of fused-ring (bicyclic) bond motifs is 1. The zero-order chi connectivity index (χ0) is 11.8. The van der Waals surface area contributed by atoms with E-state index >= 15 is 0 Å². The van der Waals surface area contributed by atoms with E-state index in [9.17, 15) is 4.79 Å². The molecule has 0 unspecified atom stereocenters. The van der Waals surface area contributed by atoms with E-state index in [2.05, 4.69) is 0 Å². The predicted molar refractivity (Wildman–Crippen MR) is 67.7 cm³/mol. The number of rotatable bonds is 2. The van der Waals surface area contributed by atoms with E-state index in [-0.39, 0.29) is 0 Å². The van der Waals surface area contributed by atoms with Gasteiger partial charge in [-0.15, -0.1) is 11.3 Å². The van der Waals surface area contributed by atoms with Gasteiger partial charge in [-0.05, 0) is 35.7 Å². The third kappa shape index (κ3) is 1.54. The summed E-state index contributed by atoms with van der Waals surface area (Å²) in [5.41, 5.74) is 2.75. The quantitative estimate of drug-likeness (QED) is 0.749. The number of hydrogen-bond donors (Lipinski definition) is 1. The fourth-order valence-electron chi connectivity index (χ4n) is 1.95. The van der Waals surface area contributed by atoms with Crippen molar-refractivity contribution >= 4 is 22.8 Å². The van der Waals surface area contributed by atoms with Crippen molar-refractivity contribution in [3.05, 3.63) is 52.9 Å². The molecule has 17 heavy (non-hydrogen) atoms. The Morgan fingerprint density at radius 3 is 2.88 bits per heavy atom. The van der Waals surface area contributed by atoms with Crippen molar-refractivity contribution in [2.24, 2.45) is 0 Å². The molecule has 4 heteroatoms. The van der Waals surface area contributed by atoms with E-state index < -0.39 is 5.97 Å². The Hall–Kier alpha value is -2.07. The lowest BCUT2D eigenvalue weighted by atomic mass is 10.2. The first kappa shape index (κ1) is 10.1. The standard InChI is InChI=1S/C13H9NO2S/c15-13(16)12-10(6-8-17-12)11-5-4-9-3-1-2-7-14(9)11/h1-8H,(H,15,16). The second-order valence-electron chi connectivity index (χ2n) is 3.68. The van der Waals surface area contributed by atoms with E-state index in [1.165, 1.54) is 11.3 Å². The number of carbonyl (C=O) groups is 1. The first-order chi connectivity index (χ1) is 8.27. The maximum atomic E-state index is 11.1. The van der Waals surface area contributed by atoms with Gasteiger partial charge in [0, 0.05) is 17.3 Å². The molecule has 0 aliphatic carbocycles. The zero-order valence-electron chi connectivity index (χ0n) is 8.83. The molecular formula is C13H9NO2S. The molecule has 0 saturated heterocycles. The Bertz CT molecular complexity index is 696. The molecule has 0 bridgehead atoms. The molecule has 0 atom stereocenters. The maximum Gasteiger partial charge on any atom is 0.346 e. The van der Waals surface area contributed by atoms with E-state index in [4.69, 9.17) is 5.11 Å². The second-order valence-corrected chi connectivity index (χ2v) is 4.60. The molecule has 3 rings (SSSR count). The summed E-state index contributed by atoms with van der Waals surface area (Å²) in [4.78, 5) is 11.5. The van der Waals surface area contributed by atoms with Crippen LogP contribution in [0.4, 0.5) is 0 Å². The van der Waals surface area contributed by atoms with Gasteiger partial charge >= 0.3 is 5.97 Å². The largest absolute Gasteiger partial charge is 0.477 e. The molecule has 0 spiro atoms. The molecule has 3 aromatic rings. The van der Waals surface area contributed by atoms with Crippen molar-refractivity contribution in [3.63, 3.8) is 0 Å². The predicted octanol–water partition coefficient (Wildman–Crippen LogP) is 3.37. The van der Waals surface area contributed by atoms with Gasteiger partial charge in [-0.3, -0.25) is 0 Å². The van der Waals surface area contributed by atoms with E-state index in [1.807, 2.05) is 47.0 Å². The summed E-state index contributed by atoms with van der Waals surface area (Å²) in [5, 5.41) is 10.9. The molecule has 84 valence electrons. The Balaban J connectivity index is 2.28. The number of aromatic carboxylic acids is 1. The molecule has 1 N–H and O–H groups in total. The first-order valence-electron chi connectivity index (χ1n) is 5.14. The fraction of sp³-hybridized carbons (Fsp3) is 0. The van der Waals surface area contributed by atoms with Gasteiger partial charge in [0.05, 0.1) is 5.69 Å². The number of carboxylic acids is 1. The smallest absolute Gasteiger partial charge is 0.346 e. The van der Waals surface area contributed by atoms with Gasteiger partial charge in [-0.25, -0.2) is 4.79 Å². The molecule has 0 aromatic carbocycles. The first-order valence-corrected chi connectivity index (χ1v) is 6.02. The summed E-state index contributed by atoms with van der Waals surface area (Å²) in [5.74, 6) is -0.874. The van der Waals surface area contributed by atoms with Crippen LogP contribution in [-0.2, 0) is 0 Å². The van der Waals surface area contributed by atoms with E-state index in [0.29, 0.717) is 4.88 Å². The molecule has 0 radical (unpaired) electrons. The Morgan fingerprint density at radius 2 is 2.06 bits per heavy atom. The van der Waals surface area contributed by atoms with Gasteiger partial charge in [0.2, 0.25) is 0 Å². The summed E-state index contributed by atoms with van der Waals surface area (Å²) in [6, 6.07) is 11.7. The van der Waals surface area contributed by atoms with Crippen LogP contribution in [0.2, 0.25) is 0 Å².